The molecule has 0 aliphatic carbocycles. The number of phenolic OH excluding ortho intramolecular Hbond substituents is 2. The molecule has 2 aromatic carbocycles. The van der Waals surface area contributed by atoms with Crippen molar-refractivity contribution in [2.45, 2.75) is 26.3 Å². The summed E-state index contributed by atoms with van der Waals surface area (Å²) < 4.78 is 1.33. The van der Waals surface area contributed by atoms with Crippen LogP contribution in [0, 0.1) is 0 Å². The van der Waals surface area contributed by atoms with Gasteiger partial charge in [0.25, 0.3) is 0 Å². The molecular formula is C20H23N5O4. The van der Waals surface area contributed by atoms with Crippen molar-refractivity contribution in [3.05, 3.63) is 58.0 Å². The first-order valence-corrected chi connectivity index (χ1v) is 9.11. The summed E-state index contributed by atoms with van der Waals surface area (Å²) in [6.07, 6.45) is 0. The summed E-state index contributed by atoms with van der Waals surface area (Å²) >= 11 is 0. The number of carbonyl (C=O) groups is 1. The van der Waals surface area contributed by atoms with E-state index in [1.807, 2.05) is 13.8 Å². The molecule has 29 heavy (non-hydrogen) atoms. The molecule has 0 spiro atoms. The van der Waals surface area contributed by atoms with E-state index in [1.54, 1.807) is 30.3 Å². The quantitative estimate of drug-likeness (QED) is 0.424. The van der Waals surface area contributed by atoms with Crippen LogP contribution < -0.4 is 16.7 Å². The molecule has 0 bridgehead atoms. The Morgan fingerprint density at radius 2 is 1.90 bits per heavy atom. The first kappa shape index (κ1) is 20.2. The number of carbonyl (C=O) groups excluding carboxylic acids is 1. The normalized spacial score (nSPS) is 11.0. The van der Waals surface area contributed by atoms with E-state index in [1.165, 1.54) is 10.6 Å². The topological polar surface area (TPSA) is 146 Å². The highest BCUT2D eigenvalue weighted by molar-refractivity contribution is 5.77. The molecule has 6 N–H and O–H groups in total. The summed E-state index contributed by atoms with van der Waals surface area (Å²) in [5.74, 6) is -0.232. The average molecular weight is 397 g/mol. The molecule has 1 amide bonds. The van der Waals surface area contributed by atoms with Gasteiger partial charge < -0.3 is 21.3 Å². The molecule has 9 nitrogen and oxygen atoms in total. The number of hydrogen-bond acceptors (Lipinski definition) is 6. The monoisotopic (exact) mass is 397 g/mol. The lowest BCUT2D eigenvalue weighted by Crippen LogP contribution is -2.29. The minimum Gasteiger partial charge on any atom is -0.508 e. The number of amides is 1. The lowest BCUT2D eigenvalue weighted by Gasteiger charge is -2.13. The van der Waals surface area contributed by atoms with Crippen molar-refractivity contribution in [3.8, 4) is 28.6 Å². The Morgan fingerprint density at radius 3 is 2.52 bits per heavy atom. The van der Waals surface area contributed by atoms with Crippen molar-refractivity contribution < 1.29 is 15.0 Å². The third-order valence-electron chi connectivity index (χ3n) is 4.55. The van der Waals surface area contributed by atoms with Crippen molar-refractivity contribution in [1.29, 1.82) is 0 Å². The van der Waals surface area contributed by atoms with Gasteiger partial charge in [0.05, 0.1) is 17.8 Å². The second kappa shape index (κ2) is 8.19. The highest BCUT2D eigenvalue weighted by Crippen LogP contribution is 2.37. The number of aromatic nitrogens is 3. The third kappa shape index (κ3) is 4.14. The van der Waals surface area contributed by atoms with E-state index in [0.29, 0.717) is 23.4 Å². The van der Waals surface area contributed by atoms with Crippen LogP contribution in [0.3, 0.4) is 0 Å². The Balaban J connectivity index is 2.00. The predicted molar refractivity (Wildman–Crippen MR) is 108 cm³/mol. The van der Waals surface area contributed by atoms with Crippen LogP contribution in [0.4, 0.5) is 0 Å². The van der Waals surface area contributed by atoms with Crippen molar-refractivity contribution in [2.75, 3.05) is 6.54 Å². The number of nitrogens with one attached hydrogen (secondary N) is 2. The minimum absolute atomic E-state index is 0.0106. The van der Waals surface area contributed by atoms with Crippen LogP contribution in [-0.2, 0) is 11.3 Å². The van der Waals surface area contributed by atoms with E-state index in [2.05, 4.69) is 15.5 Å². The zero-order valence-electron chi connectivity index (χ0n) is 16.1. The Hall–Kier alpha value is -3.59. The van der Waals surface area contributed by atoms with E-state index in [-0.39, 0.29) is 35.7 Å². The van der Waals surface area contributed by atoms with Gasteiger partial charge in [0, 0.05) is 12.6 Å². The van der Waals surface area contributed by atoms with Crippen molar-refractivity contribution >= 4 is 5.91 Å². The number of aromatic amines is 1. The van der Waals surface area contributed by atoms with Gasteiger partial charge in [0.1, 0.15) is 11.5 Å². The van der Waals surface area contributed by atoms with Crippen molar-refractivity contribution in [1.82, 2.24) is 20.1 Å². The van der Waals surface area contributed by atoms with E-state index >= 15 is 0 Å². The molecular weight excluding hydrogens is 374 g/mol. The van der Waals surface area contributed by atoms with Crippen LogP contribution in [0.1, 0.15) is 30.9 Å². The molecule has 152 valence electrons. The summed E-state index contributed by atoms with van der Waals surface area (Å²) in [5.41, 5.74) is 7.12. The average Bonchev–Trinajstić information content (AvgIpc) is 3.07. The van der Waals surface area contributed by atoms with Gasteiger partial charge in [0.15, 0.2) is 5.82 Å². The molecule has 0 aliphatic rings. The lowest BCUT2D eigenvalue weighted by atomic mass is 9.98. The molecule has 0 atom stereocenters. The fourth-order valence-corrected chi connectivity index (χ4v) is 2.99. The Bertz CT molecular complexity index is 1080. The molecule has 1 aromatic heterocycles. The van der Waals surface area contributed by atoms with Gasteiger partial charge in [-0.05, 0) is 35.2 Å². The van der Waals surface area contributed by atoms with E-state index < -0.39 is 5.69 Å². The van der Waals surface area contributed by atoms with Gasteiger partial charge in [-0.2, -0.15) is 5.10 Å². The number of nitrogens with zero attached hydrogens (tertiary/aromatic N) is 2. The number of phenols is 2. The summed E-state index contributed by atoms with van der Waals surface area (Å²) in [5, 5.41) is 29.5. The van der Waals surface area contributed by atoms with Crippen LogP contribution in [0.25, 0.3) is 17.1 Å². The highest BCUT2D eigenvalue weighted by Gasteiger charge is 2.19. The Labute approximate surface area is 166 Å². The maximum atomic E-state index is 12.4. The molecule has 9 heteroatoms. The SMILES string of the molecule is CC(C)c1cc(-c2n[nH]c(=O)n2-c2ccc(CNC(=O)CN)cc2)c(O)cc1O. The number of H-pyrrole nitrogens is 1. The van der Waals surface area contributed by atoms with Crippen LogP contribution in [0.15, 0.2) is 41.2 Å². The predicted octanol–water partition coefficient (Wildman–Crippen LogP) is 1.34. The van der Waals surface area contributed by atoms with Crippen molar-refractivity contribution in [2.24, 2.45) is 5.73 Å². The number of hydrogen-bond donors (Lipinski definition) is 5. The van der Waals surface area contributed by atoms with Crippen LogP contribution in [0.5, 0.6) is 11.5 Å². The van der Waals surface area contributed by atoms with Crippen LogP contribution >= 0.6 is 0 Å². The fourth-order valence-electron chi connectivity index (χ4n) is 2.99. The molecule has 0 saturated heterocycles. The molecule has 3 rings (SSSR count). The molecule has 1 heterocycles. The first-order valence-electron chi connectivity index (χ1n) is 9.11. The summed E-state index contributed by atoms with van der Waals surface area (Å²) in [6.45, 7) is 4.06. The van der Waals surface area contributed by atoms with Crippen LogP contribution in [0.2, 0.25) is 0 Å². The molecule has 0 saturated carbocycles. The third-order valence-corrected chi connectivity index (χ3v) is 4.55. The molecule has 0 fully saturated rings. The molecule has 0 aliphatic heterocycles. The zero-order valence-corrected chi connectivity index (χ0v) is 16.1. The number of aromatic hydroxyl groups is 2. The lowest BCUT2D eigenvalue weighted by molar-refractivity contribution is -0.119. The largest absolute Gasteiger partial charge is 0.508 e. The van der Waals surface area contributed by atoms with Crippen molar-refractivity contribution in [3.63, 3.8) is 0 Å². The highest BCUT2D eigenvalue weighted by atomic mass is 16.3. The van der Waals surface area contributed by atoms with E-state index in [9.17, 15) is 19.8 Å². The number of nitrogens with two attached hydrogens (primary N) is 1. The molecule has 3 aromatic rings. The van der Waals surface area contributed by atoms with Gasteiger partial charge in [-0.25, -0.2) is 14.5 Å². The van der Waals surface area contributed by atoms with E-state index in [0.717, 1.165) is 5.56 Å². The Kier molecular flexibility index (Phi) is 5.69. The van der Waals surface area contributed by atoms with Crippen LogP contribution in [-0.4, -0.2) is 37.4 Å². The first-order chi connectivity index (χ1) is 13.8. The Morgan fingerprint density at radius 1 is 1.21 bits per heavy atom. The van der Waals surface area contributed by atoms with Gasteiger partial charge >= 0.3 is 5.69 Å². The summed E-state index contributed by atoms with van der Waals surface area (Å²) in [4.78, 5) is 23.7. The maximum Gasteiger partial charge on any atom is 0.348 e. The second-order valence-corrected chi connectivity index (χ2v) is 6.92. The smallest absolute Gasteiger partial charge is 0.348 e. The van der Waals surface area contributed by atoms with Gasteiger partial charge in [-0.1, -0.05) is 26.0 Å². The number of benzene rings is 2. The van der Waals surface area contributed by atoms with Gasteiger partial charge in [-0.15, -0.1) is 0 Å². The molecule has 0 radical (unpaired) electrons. The summed E-state index contributed by atoms with van der Waals surface area (Å²) in [7, 11) is 0. The molecule has 0 unspecified atom stereocenters. The van der Waals surface area contributed by atoms with Gasteiger partial charge in [0.2, 0.25) is 5.91 Å². The van der Waals surface area contributed by atoms with Gasteiger partial charge in [-0.3, -0.25) is 4.79 Å². The summed E-state index contributed by atoms with van der Waals surface area (Å²) in [6, 6.07) is 9.84. The fraction of sp³-hybridized carbons (Fsp3) is 0.250. The number of rotatable bonds is 6. The second-order valence-electron chi connectivity index (χ2n) is 6.92. The maximum absolute atomic E-state index is 12.4. The minimum atomic E-state index is -0.470. The van der Waals surface area contributed by atoms with E-state index in [4.69, 9.17) is 5.73 Å². The zero-order chi connectivity index (χ0) is 21.1. The standard InChI is InChI=1S/C20H23N5O4/c1-11(2)14-7-15(17(27)8-16(14)26)19-23-24-20(29)25(19)13-5-3-12(4-6-13)10-22-18(28)9-21/h3-8,11,26-27H,9-10,21H2,1-2H3,(H,22,28)(H,24,29).